The van der Waals surface area contributed by atoms with E-state index < -0.39 is 11.9 Å². The Labute approximate surface area is 183 Å². The number of thioether (sulfide) groups is 1. The molecule has 0 unspecified atom stereocenters. The minimum atomic E-state index is -4.58. The van der Waals surface area contributed by atoms with Gasteiger partial charge < -0.3 is 9.47 Å². The van der Waals surface area contributed by atoms with Crippen molar-refractivity contribution in [3.8, 4) is 22.7 Å². The standard InChI is InChI=1S/C20H16BrF3N2O3S/c1-12(27)29-11-30-15-6-3-13(4-7-15)17-10-19(20(22,23)24)25-26(17)14-5-8-16(21)18(9-14)28-2/h3-10H,11H2,1-2H3. The Hall–Kier alpha value is -2.46. The zero-order valence-corrected chi connectivity index (χ0v) is 18.3. The number of esters is 1. The number of alkyl halides is 3. The van der Waals surface area contributed by atoms with Gasteiger partial charge in [-0.25, -0.2) is 4.68 Å². The molecule has 0 aliphatic heterocycles. The number of halogens is 4. The summed E-state index contributed by atoms with van der Waals surface area (Å²) >= 11 is 4.63. The average Bonchev–Trinajstić information content (AvgIpc) is 3.14. The summed E-state index contributed by atoms with van der Waals surface area (Å²) in [4.78, 5) is 11.7. The van der Waals surface area contributed by atoms with Gasteiger partial charge in [0.25, 0.3) is 0 Å². The van der Waals surface area contributed by atoms with Crippen molar-refractivity contribution < 1.29 is 27.4 Å². The fourth-order valence-electron chi connectivity index (χ4n) is 2.60. The quantitative estimate of drug-likeness (QED) is 0.238. The highest BCUT2D eigenvalue weighted by molar-refractivity contribution is 9.10. The second kappa shape index (κ2) is 9.13. The summed E-state index contributed by atoms with van der Waals surface area (Å²) in [6.45, 7) is 1.32. The molecule has 0 radical (unpaired) electrons. The number of methoxy groups -OCH3 is 1. The van der Waals surface area contributed by atoms with Crippen LogP contribution in [-0.2, 0) is 15.7 Å². The van der Waals surface area contributed by atoms with Gasteiger partial charge in [-0.3, -0.25) is 4.79 Å². The third kappa shape index (κ3) is 5.17. The maximum atomic E-state index is 13.3. The van der Waals surface area contributed by atoms with Crippen LogP contribution in [0.5, 0.6) is 5.75 Å². The number of aromatic nitrogens is 2. The van der Waals surface area contributed by atoms with Gasteiger partial charge >= 0.3 is 12.1 Å². The fraction of sp³-hybridized carbons (Fsp3) is 0.200. The van der Waals surface area contributed by atoms with Gasteiger partial charge in [-0.2, -0.15) is 18.3 Å². The third-order valence-corrected chi connectivity index (χ3v) is 5.51. The van der Waals surface area contributed by atoms with E-state index in [1.807, 2.05) is 0 Å². The molecule has 0 saturated carbocycles. The van der Waals surface area contributed by atoms with Crippen molar-refractivity contribution in [2.75, 3.05) is 13.0 Å². The normalized spacial score (nSPS) is 11.4. The van der Waals surface area contributed by atoms with E-state index >= 15 is 0 Å². The number of hydrogen-bond donors (Lipinski definition) is 0. The first-order valence-corrected chi connectivity index (χ1v) is 10.3. The van der Waals surface area contributed by atoms with Gasteiger partial charge in [0.05, 0.1) is 23.0 Å². The number of carbonyl (C=O) groups excluding carboxylic acids is 1. The lowest BCUT2D eigenvalue weighted by Crippen LogP contribution is -2.07. The molecule has 0 atom stereocenters. The molecule has 3 aromatic rings. The van der Waals surface area contributed by atoms with Gasteiger partial charge in [-0.15, -0.1) is 0 Å². The summed E-state index contributed by atoms with van der Waals surface area (Å²) in [6, 6.07) is 12.8. The summed E-state index contributed by atoms with van der Waals surface area (Å²) in [6.07, 6.45) is -4.58. The lowest BCUT2D eigenvalue weighted by molar-refractivity contribution is -0.141. The molecule has 0 amide bonds. The van der Waals surface area contributed by atoms with Crippen LogP contribution >= 0.6 is 27.7 Å². The Morgan fingerprint density at radius 3 is 2.47 bits per heavy atom. The van der Waals surface area contributed by atoms with Crippen LogP contribution in [0.2, 0.25) is 0 Å². The molecule has 1 heterocycles. The number of carbonyl (C=O) groups is 1. The number of hydrogen-bond acceptors (Lipinski definition) is 5. The monoisotopic (exact) mass is 500 g/mol. The van der Waals surface area contributed by atoms with Crippen LogP contribution in [0, 0.1) is 0 Å². The Bertz CT molecular complexity index is 1050. The molecule has 0 spiro atoms. The van der Waals surface area contributed by atoms with Crippen molar-refractivity contribution in [1.29, 1.82) is 0 Å². The van der Waals surface area contributed by atoms with E-state index in [1.54, 1.807) is 42.5 Å². The summed E-state index contributed by atoms with van der Waals surface area (Å²) in [5, 5.41) is 3.78. The molecule has 0 aliphatic rings. The van der Waals surface area contributed by atoms with E-state index in [9.17, 15) is 18.0 Å². The van der Waals surface area contributed by atoms with Crippen LogP contribution in [0.25, 0.3) is 16.9 Å². The smallest absolute Gasteiger partial charge is 0.435 e. The van der Waals surface area contributed by atoms with E-state index in [0.717, 1.165) is 11.0 Å². The minimum absolute atomic E-state index is 0.156. The molecule has 0 N–H and O–H groups in total. The zero-order valence-electron chi connectivity index (χ0n) is 15.9. The summed E-state index contributed by atoms with van der Waals surface area (Å²) in [5.74, 6) is 0.246. The van der Waals surface area contributed by atoms with Crippen molar-refractivity contribution >= 4 is 33.7 Å². The Balaban J connectivity index is 1.99. The van der Waals surface area contributed by atoms with E-state index in [0.29, 0.717) is 21.5 Å². The van der Waals surface area contributed by atoms with Gasteiger partial charge in [0.2, 0.25) is 0 Å². The van der Waals surface area contributed by atoms with Gasteiger partial charge in [0.1, 0.15) is 11.7 Å². The van der Waals surface area contributed by atoms with Crippen molar-refractivity contribution in [3.63, 3.8) is 0 Å². The van der Waals surface area contributed by atoms with Gasteiger partial charge in [0.15, 0.2) is 5.69 Å². The second-order valence-corrected chi connectivity index (χ2v) is 7.92. The highest BCUT2D eigenvalue weighted by Gasteiger charge is 2.35. The molecule has 30 heavy (non-hydrogen) atoms. The Morgan fingerprint density at radius 1 is 1.17 bits per heavy atom. The van der Waals surface area contributed by atoms with Gasteiger partial charge in [0, 0.05) is 23.4 Å². The lowest BCUT2D eigenvalue weighted by atomic mass is 10.1. The van der Waals surface area contributed by atoms with Crippen LogP contribution in [0.3, 0.4) is 0 Å². The van der Waals surface area contributed by atoms with Gasteiger partial charge in [-0.1, -0.05) is 23.9 Å². The largest absolute Gasteiger partial charge is 0.495 e. The topological polar surface area (TPSA) is 53.4 Å². The molecule has 5 nitrogen and oxygen atoms in total. The molecule has 1 aromatic heterocycles. The number of benzene rings is 2. The van der Waals surface area contributed by atoms with Crippen molar-refractivity contribution in [1.82, 2.24) is 9.78 Å². The van der Waals surface area contributed by atoms with Crippen LogP contribution in [-0.4, -0.2) is 28.8 Å². The van der Waals surface area contributed by atoms with Crippen LogP contribution < -0.4 is 4.74 Å². The Morgan fingerprint density at radius 2 is 1.87 bits per heavy atom. The maximum absolute atomic E-state index is 13.3. The maximum Gasteiger partial charge on any atom is 0.435 e. The van der Waals surface area contributed by atoms with E-state index in [1.165, 1.54) is 30.5 Å². The SMILES string of the molecule is COc1cc(-n2nc(C(F)(F)F)cc2-c2ccc(SCOC(C)=O)cc2)ccc1Br. The van der Waals surface area contributed by atoms with E-state index in [2.05, 4.69) is 21.0 Å². The summed E-state index contributed by atoms with van der Waals surface area (Å²) < 4.78 is 52.1. The number of rotatable bonds is 6. The molecule has 158 valence electrons. The molecule has 3 rings (SSSR count). The second-order valence-electron chi connectivity index (χ2n) is 6.07. The van der Waals surface area contributed by atoms with Crippen molar-refractivity contribution in [2.45, 2.75) is 18.0 Å². The zero-order chi connectivity index (χ0) is 21.9. The lowest BCUT2D eigenvalue weighted by Gasteiger charge is -2.11. The predicted molar refractivity (Wildman–Crippen MR) is 111 cm³/mol. The van der Waals surface area contributed by atoms with Crippen LogP contribution in [0.4, 0.5) is 13.2 Å². The molecule has 0 bridgehead atoms. The summed E-state index contributed by atoms with van der Waals surface area (Å²) in [5.41, 5.74) is 0.265. The molecule has 0 fully saturated rings. The van der Waals surface area contributed by atoms with Crippen molar-refractivity contribution in [3.05, 3.63) is 58.7 Å². The average molecular weight is 501 g/mol. The highest BCUT2D eigenvalue weighted by atomic mass is 79.9. The fourth-order valence-corrected chi connectivity index (χ4v) is 3.70. The Kier molecular flexibility index (Phi) is 6.77. The first-order valence-electron chi connectivity index (χ1n) is 8.57. The van der Waals surface area contributed by atoms with Crippen LogP contribution in [0.15, 0.2) is 57.9 Å². The number of ether oxygens (including phenoxy) is 2. The number of nitrogens with zero attached hydrogens (tertiary/aromatic N) is 2. The third-order valence-electron chi connectivity index (χ3n) is 4.02. The first kappa shape index (κ1) is 22.2. The minimum Gasteiger partial charge on any atom is -0.495 e. The molecule has 2 aromatic carbocycles. The highest BCUT2D eigenvalue weighted by Crippen LogP contribution is 2.35. The molecular weight excluding hydrogens is 485 g/mol. The molecule has 10 heteroatoms. The molecular formula is C20H16BrF3N2O3S. The first-order chi connectivity index (χ1) is 14.2. The summed E-state index contributed by atoms with van der Waals surface area (Å²) in [7, 11) is 1.47. The van der Waals surface area contributed by atoms with E-state index in [4.69, 9.17) is 9.47 Å². The van der Waals surface area contributed by atoms with E-state index in [-0.39, 0.29) is 17.6 Å². The van der Waals surface area contributed by atoms with Gasteiger partial charge in [-0.05, 0) is 46.3 Å². The molecule has 0 saturated heterocycles. The van der Waals surface area contributed by atoms with Crippen LogP contribution in [0.1, 0.15) is 12.6 Å². The predicted octanol–water partition coefficient (Wildman–Crippen LogP) is 5.94. The van der Waals surface area contributed by atoms with Crippen molar-refractivity contribution in [2.24, 2.45) is 0 Å². The molecule has 0 aliphatic carbocycles.